The molecule has 0 radical (unpaired) electrons. The van der Waals surface area contributed by atoms with Crippen LogP contribution in [0.4, 0.5) is 0 Å². The lowest BCUT2D eigenvalue weighted by Crippen LogP contribution is -1.87. The fourth-order valence-corrected chi connectivity index (χ4v) is 8.80. The van der Waals surface area contributed by atoms with Crippen molar-refractivity contribution in [3.63, 3.8) is 0 Å². The molecule has 0 saturated carbocycles. The van der Waals surface area contributed by atoms with Crippen molar-refractivity contribution in [1.29, 1.82) is 0 Å². The highest BCUT2D eigenvalue weighted by Gasteiger charge is 2.13. The molecule has 3 aromatic heterocycles. The monoisotopic (exact) mass is 572 g/mol. The fourth-order valence-electron chi connectivity index (χ4n) is 5.82. The molecule has 5 aromatic rings. The minimum absolute atomic E-state index is 1.21. The summed E-state index contributed by atoms with van der Waals surface area (Å²) >= 11 is 5.76. The summed E-state index contributed by atoms with van der Waals surface area (Å²) in [6.07, 6.45) is 18.7. The van der Waals surface area contributed by atoms with Crippen LogP contribution in [0.1, 0.15) is 102 Å². The molecule has 0 unspecified atom stereocenters. The predicted molar refractivity (Wildman–Crippen MR) is 180 cm³/mol. The van der Waals surface area contributed by atoms with Crippen LogP contribution in [-0.4, -0.2) is 0 Å². The molecular formula is C36H44S3. The molecule has 3 heterocycles. The quantitative estimate of drug-likeness (QED) is 0.103. The van der Waals surface area contributed by atoms with E-state index in [0.717, 1.165) is 0 Å². The second-order valence-corrected chi connectivity index (χ2v) is 14.0. The molecule has 0 fully saturated rings. The number of hydrogen-bond acceptors (Lipinski definition) is 3. The zero-order valence-corrected chi connectivity index (χ0v) is 26.3. The molecule has 0 spiro atoms. The number of fused-ring (bicyclic) bond motifs is 3. The van der Waals surface area contributed by atoms with E-state index in [9.17, 15) is 0 Å². The Morgan fingerprint density at radius 2 is 0.923 bits per heavy atom. The Kier molecular flexibility index (Phi) is 10.7. The zero-order chi connectivity index (χ0) is 26.9. The maximum Gasteiger partial charge on any atom is 0.0374 e. The van der Waals surface area contributed by atoms with Crippen LogP contribution in [0.5, 0.6) is 0 Å². The number of rotatable bonds is 16. The van der Waals surface area contributed by atoms with Gasteiger partial charge in [-0.25, -0.2) is 0 Å². The molecule has 0 bridgehead atoms. The van der Waals surface area contributed by atoms with E-state index in [1.165, 1.54) is 142 Å². The molecule has 2 aromatic carbocycles. The number of unbranched alkanes of at least 4 members (excludes halogenated alkanes) is 10. The Bertz CT molecular complexity index is 1340. The average Bonchev–Trinajstić information content (AvgIpc) is 3.70. The van der Waals surface area contributed by atoms with Gasteiger partial charge >= 0.3 is 0 Å². The molecular weight excluding hydrogens is 529 g/mol. The van der Waals surface area contributed by atoms with Gasteiger partial charge in [0.25, 0.3) is 0 Å². The predicted octanol–water partition coefficient (Wildman–Crippen LogP) is 13.3. The molecule has 39 heavy (non-hydrogen) atoms. The first-order valence-corrected chi connectivity index (χ1v) is 18.0. The van der Waals surface area contributed by atoms with Crippen molar-refractivity contribution in [2.75, 3.05) is 0 Å². The van der Waals surface area contributed by atoms with Crippen LogP contribution in [0.15, 0.2) is 59.3 Å². The van der Waals surface area contributed by atoms with Gasteiger partial charge in [0, 0.05) is 29.9 Å². The van der Waals surface area contributed by atoms with Crippen LogP contribution in [0.3, 0.4) is 0 Å². The summed E-state index contributed by atoms with van der Waals surface area (Å²) < 4.78 is 2.80. The minimum atomic E-state index is 1.21. The summed E-state index contributed by atoms with van der Waals surface area (Å²) in [4.78, 5) is 2.95. The lowest BCUT2D eigenvalue weighted by Gasteiger charge is -2.07. The van der Waals surface area contributed by atoms with Gasteiger partial charge in [0.05, 0.1) is 0 Å². The third kappa shape index (κ3) is 7.23. The minimum Gasteiger partial charge on any atom is -0.144 e. The largest absolute Gasteiger partial charge is 0.144 e. The van der Waals surface area contributed by atoms with Gasteiger partial charge in [-0.05, 0) is 95.1 Å². The Labute approximate surface area is 248 Å². The van der Waals surface area contributed by atoms with Gasteiger partial charge in [-0.1, -0.05) is 90.2 Å². The van der Waals surface area contributed by atoms with Crippen molar-refractivity contribution in [3.05, 3.63) is 70.4 Å². The highest BCUT2D eigenvalue weighted by Crippen LogP contribution is 2.41. The molecule has 0 amide bonds. The van der Waals surface area contributed by atoms with Gasteiger partial charge in [0.2, 0.25) is 0 Å². The van der Waals surface area contributed by atoms with Gasteiger partial charge in [-0.2, -0.15) is 0 Å². The molecule has 206 valence electrons. The molecule has 0 saturated heterocycles. The molecule has 5 rings (SSSR count). The van der Waals surface area contributed by atoms with Crippen molar-refractivity contribution in [2.45, 2.75) is 104 Å². The average molecular weight is 573 g/mol. The van der Waals surface area contributed by atoms with Crippen molar-refractivity contribution in [1.82, 2.24) is 0 Å². The van der Waals surface area contributed by atoms with Crippen LogP contribution in [-0.2, 0) is 12.8 Å². The second kappa shape index (κ2) is 14.6. The second-order valence-electron chi connectivity index (χ2n) is 11.1. The Balaban J connectivity index is 1.34. The molecule has 0 aliphatic heterocycles. The molecule has 3 heteroatoms. The summed E-state index contributed by atoms with van der Waals surface area (Å²) in [6, 6.07) is 19.1. The van der Waals surface area contributed by atoms with Gasteiger partial charge in [-0.3, -0.25) is 0 Å². The number of thiophene rings is 3. The van der Waals surface area contributed by atoms with Crippen molar-refractivity contribution in [2.24, 2.45) is 0 Å². The van der Waals surface area contributed by atoms with Crippen LogP contribution in [0, 0.1) is 0 Å². The van der Waals surface area contributed by atoms with Gasteiger partial charge in [0.15, 0.2) is 0 Å². The smallest absolute Gasteiger partial charge is 0.0374 e. The lowest BCUT2D eigenvalue weighted by molar-refractivity contribution is 0.608. The van der Waals surface area contributed by atoms with Gasteiger partial charge in [0.1, 0.15) is 0 Å². The molecule has 0 nitrogen and oxygen atoms in total. The molecule has 0 atom stereocenters. The normalized spacial score (nSPS) is 11.7. The first-order valence-electron chi connectivity index (χ1n) is 15.4. The molecule has 0 aliphatic rings. The number of aryl methyl sites for hydroxylation is 2. The third-order valence-electron chi connectivity index (χ3n) is 8.09. The van der Waals surface area contributed by atoms with E-state index in [4.69, 9.17) is 0 Å². The van der Waals surface area contributed by atoms with E-state index in [-0.39, 0.29) is 0 Å². The van der Waals surface area contributed by atoms with Crippen molar-refractivity contribution < 1.29 is 0 Å². The molecule has 0 N–H and O–H groups in total. The van der Waals surface area contributed by atoms with E-state index in [1.54, 1.807) is 0 Å². The summed E-state index contributed by atoms with van der Waals surface area (Å²) in [5, 5.41) is 7.42. The summed E-state index contributed by atoms with van der Waals surface area (Å²) in [5.41, 5.74) is 5.85. The van der Waals surface area contributed by atoms with E-state index in [2.05, 4.69) is 73.1 Å². The van der Waals surface area contributed by atoms with Crippen LogP contribution in [0.2, 0.25) is 0 Å². The van der Waals surface area contributed by atoms with E-state index >= 15 is 0 Å². The topological polar surface area (TPSA) is 0 Å². The van der Waals surface area contributed by atoms with E-state index < -0.39 is 0 Å². The summed E-state index contributed by atoms with van der Waals surface area (Å²) in [7, 11) is 0. The third-order valence-corrected chi connectivity index (χ3v) is 11.2. The maximum absolute atomic E-state index is 2.47. The number of benzene rings is 2. The standard InChI is InChI=1S/C36H44S3/c1-3-5-7-9-11-13-15-27-21-23-37-35(27)29-17-19-33-31(25-29)32-26-30(18-20-34(32)39-33)36-28(22-24-38-36)16-14-12-10-8-6-4-2/h17-26H,3-16H2,1-2H3. The fraction of sp³-hybridized carbons (Fsp3) is 0.444. The highest BCUT2D eigenvalue weighted by atomic mass is 32.1. The zero-order valence-electron chi connectivity index (χ0n) is 23.9. The van der Waals surface area contributed by atoms with Gasteiger partial charge < -0.3 is 0 Å². The molecule has 0 aliphatic carbocycles. The van der Waals surface area contributed by atoms with E-state index in [1.807, 2.05) is 34.0 Å². The SMILES string of the molecule is CCCCCCCCc1ccsc1-c1ccc2sc3ccc(-c4sccc4CCCCCCCC)cc3c2c1. The van der Waals surface area contributed by atoms with Crippen molar-refractivity contribution >= 4 is 54.2 Å². The van der Waals surface area contributed by atoms with Gasteiger partial charge in [-0.15, -0.1) is 34.0 Å². The first-order chi connectivity index (χ1) is 19.3. The lowest BCUT2D eigenvalue weighted by atomic mass is 10.00. The van der Waals surface area contributed by atoms with Crippen molar-refractivity contribution in [3.8, 4) is 20.9 Å². The summed E-state index contributed by atoms with van der Waals surface area (Å²) in [5.74, 6) is 0. The highest BCUT2D eigenvalue weighted by molar-refractivity contribution is 7.25. The Hall–Kier alpha value is -1.94. The first kappa shape index (κ1) is 28.6. The van der Waals surface area contributed by atoms with Crippen LogP contribution in [0.25, 0.3) is 41.1 Å². The maximum atomic E-state index is 2.47. The van der Waals surface area contributed by atoms with Crippen LogP contribution < -0.4 is 0 Å². The Morgan fingerprint density at radius 1 is 0.487 bits per heavy atom. The number of hydrogen-bond donors (Lipinski definition) is 0. The Morgan fingerprint density at radius 3 is 1.38 bits per heavy atom. The van der Waals surface area contributed by atoms with E-state index in [0.29, 0.717) is 0 Å². The summed E-state index contributed by atoms with van der Waals surface area (Å²) in [6.45, 7) is 4.59. The van der Waals surface area contributed by atoms with Crippen LogP contribution >= 0.6 is 34.0 Å².